The molecule has 3 rings (SSSR count). The number of nitrogens with zero attached hydrogens (tertiary/aromatic N) is 2. The van der Waals surface area contributed by atoms with E-state index in [1.54, 1.807) is 30.7 Å². The number of thiazole rings is 1. The summed E-state index contributed by atoms with van der Waals surface area (Å²) in [7, 11) is 1.58. The fourth-order valence-corrected chi connectivity index (χ4v) is 3.73. The summed E-state index contributed by atoms with van der Waals surface area (Å²) in [6, 6.07) is 11.7. The van der Waals surface area contributed by atoms with Crippen LogP contribution in [0.5, 0.6) is 11.5 Å². The molecule has 0 saturated carbocycles. The third-order valence-electron chi connectivity index (χ3n) is 4.71. The van der Waals surface area contributed by atoms with E-state index < -0.39 is 4.92 Å². The van der Waals surface area contributed by atoms with Gasteiger partial charge in [-0.3, -0.25) is 20.2 Å². The summed E-state index contributed by atoms with van der Waals surface area (Å²) in [6.07, 6.45) is 6.31. The average molecular weight is 468 g/mol. The number of methoxy groups -OCH3 is 1. The van der Waals surface area contributed by atoms with E-state index >= 15 is 0 Å². The number of nitro groups is 1. The molecule has 2 aromatic carbocycles. The molecule has 1 aromatic heterocycles. The van der Waals surface area contributed by atoms with E-state index in [0.717, 1.165) is 24.8 Å². The van der Waals surface area contributed by atoms with Gasteiger partial charge in [-0.2, -0.15) is 0 Å². The Bertz CT molecular complexity index is 1140. The lowest BCUT2D eigenvalue weighted by molar-refractivity contribution is -0.384. The van der Waals surface area contributed by atoms with Gasteiger partial charge in [0.2, 0.25) is 5.91 Å². The van der Waals surface area contributed by atoms with Crippen molar-refractivity contribution in [2.45, 2.75) is 26.2 Å². The van der Waals surface area contributed by atoms with Crippen molar-refractivity contribution in [1.29, 1.82) is 0 Å². The van der Waals surface area contributed by atoms with Gasteiger partial charge < -0.3 is 9.47 Å². The highest BCUT2D eigenvalue weighted by Gasteiger charge is 2.11. The molecular weight excluding hydrogens is 442 g/mol. The molecule has 1 amide bonds. The van der Waals surface area contributed by atoms with Gasteiger partial charge in [0.05, 0.1) is 24.3 Å². The molecule has 1 heterocycles. The molecule has 172 valence electrons. The van der Waals surface area contributed by atoms with Crippen molar-refractivity contribution in [2.75, 3.05) is 19.0 Å². The maximum atomic E-state index is 12.3. The van der Waals surface area contributed by atoms with Gasteiger partial charge in [0.15, 0.2) is 16.6 Å². The van der Waals surface area contributed by atoms with Gasteiger partial charge >= 0.3 is 0 Å². The molecule has 0 spiro atoms. The molecule has 0 fully saturated rings. The number of rotatable bonds is 11. The second-order valence-corrected chi connectivity index (χ2v) is 7.99. The number of anilines is 1. The second kappa shape index (κ2) is 11.8. The van der Waals surface area contributed by atoms with Crippen molar-refractivity contribution in [3.63, 3.8) is 0 Å². The molecule has 33 heavy (non-hydrogen) atoms. The lowest BCUT2D eigenvalue weighted by Gasteiger charge is -2.11. The van der Waals surface area contributed by atoms with Crippen LogP contribution in [0.3, 0.4) is 0 Å². The smallest absolute Gasteiger partial charge is 0.270 e. The monoisotopic (exact) mass is 467 g/mol. The average Bonchev–Trinajstić information content (AvgIpc) is 3.29. The summed E-state index contributed by atoms with van der Waals surface area (Å²) in [5, 5.41) is 15.8. The first-order chi connectivity index (χ1) is 16.0. The van der Waals surface area contributed by atoms with Crippen molar-refractivity contribution in [3.05, 3.63) is 69.6 Å². The summed E-state index contributed by atoms with van der Waals surface area (Å²) in [5.41, 5.74) is 1.95. The highest BCUT2D eigenvalue weighted by molar-refractivity contribution is 7.14. The van der Waals surface area contributed by atoms with Gasteiger partial charge in [0, 0.05) is 29.2 Å². The van der Waals surface area contributed by atoms with Crippen LogP contribution in [-0.4, -0.2) is 29.5 Å². The highest BCUT2D eigenvalue weighted by Crippen LogP contribution is 2.29. The number of hydrogen-bond donors (Lipinski definition) is 1. The zero-order valence-electron chi connectivity index (χ0n) is 18.4. The molecule has 1 N–H and O–H groups in total. The molecule has 8 nitrogen and oxygen atoms in total. The van der Waals surface area contributed by atoms with Gasteiger partial charge in [-0.1, -0.05) is 38.0 Å². The Kier molecular flexibility index (Phi) is 8.54. The number of unbranched alkanes of at least 4 members (excludes halogenated alkanes) is 2. The molecule has 0 aliphatic carbocycles. The zero-order valence-corrected chi connectivity index (χ0v) is 19.3. The quantitative estimate of drug-likeness (QED) is 0.162. The third kappa shape index (κ3) is 6.88. The third-order valence-corrected chi connectivity index (χ3v) is 5.47. The summed E-state index contributed by atoms with van der Waals surface area (Å²) in [4.78, 5) is 27.2. The van der Waals surface area contributed by atoms with E-state index in [0.29, 0.717) is 34.5 Å². The normalized spacial score (nSPS) is 10.8. The minimum absolute atomic E-state index is 0.0122. The van der Waals surface area contributed by atoms with E-state index in [1.165, 1.54) is 29.5 Å². The van der Waals surface area contributed by atoms with E-state index in [-0.39, 0.29) is 11.6 Å². The van der Waals surface area contributed by atoms with Gasteiger partial charge in [-0.25, -0.2) is 4.98 Å². The Balaban J connectivity index is 1.61. The van der Waals surface area contributed by atoms with Gasteiger partial charge in [0.1, 0.15) is 0 Å². The maximum Gasteiger partial charge on any atom is 0.270 e. The van der Waals surface area contributed by atoms with Crippen molar-refractivity contribution in [1.82, 2.24) is 4.98 Å². The fraction of sp³-hybridized carbons (Fsp3) is 0.250. The first kappa shape index (κ1) is 23.9. The molecule has 0 unspecified atom stereocenters. The Morgan fingerprint density at radius 1 is 1.21 bits per heavy atom. The largest absolute Gasteiger partial charge is 0.493 e. The topological polar surface area (TPSA) is 104 Å². The van der Waals surface area contributed by atoms with E-state index in [1.807, 2.05) is 18.2 Å². The van der Waals surface area contributed by atoms with Gasteiger partial charge in [0.25, 0.3) is 5.69 Å². The predicted molar refractivity (Wildman–Crippen MR) is 130 cm³/mol. The minimum Gasteiger partial charge on any atom is -0.493 e. The SMILES string of the molecule is CCCCCOc1ccc(C=CC(=O)Nc2nc(-c3cccc([N+](=O)[O-])c3)cs2)cc1OC. The predicted octanol–water partition coefficient (Wildman–Crippen LogP) is 5.95. The number of amides is 1. The second-order valence-electron chi connectivity index (χ2n) is 7.13. The van der Waals surface area contributed by atoms with Crippen molar-refractivity contribution >= 4 is 34.1 Å². The van der Waals surface area contributed by atoms with E-state index in [2.05, 4.69) is 17.2 Å². The van der Waals surface area contributed by atoms with Gasteiger partial charge in [-0.15, -0.1) is 11.3 Å². The van der Waals surface area contributed by atoms with Crippen LogP contribution in [0.1, 0.15) is 31.7 Å². The van der Waals surface area contributed by atoms with Crippen LogP contribution in [0.2, 0.25) is 0 Å². The van der Waals surface area contributed by atoms with Crippen molar-refractivity contribution in [2.24, 2.45) is 0 Å². The van der Waals surface area contributed by atoms with Crippen LogP contribution in [0.4, 0.5) is 10.8 Å². The summed E-state index contributed by atoms with van der Waals surface area (Å²) < 4.78 is 11.2. The number of nitro benzene ring substituents is 1. The molecule has 0 radical (unpaired) electrons. The van der Waals surface area contributed by atoms with E-state index in [4.69, 9.17) is 9.47 Å². The van der Waals surface area contributed by atoms with Crippen molar-refractivity contribution < 1.29 is 19.2 Å². The Morgan fingerprint density at radius 3 is 2.82 bits per heavy atom. The van der Waals surface area contributed by atoms with E-state index in [9.17, 15) is 14.9 Å². The highest BCUT2D eigenvalue weighted by atomic mass is 32.1. The molecule has 0 aliphatic heterocycles. The molecule has 0 bridgehead atoms. The molecule has 0 atom stereocenters. The zero-order chi connectivity index (χ0) is 23.6. The number of hydrogen-bond acceptors (Lipinski definition) is 7. The lowest BCUT2D eigenvalue weighted by atomic mass is 10.1. The standard InChI is InChI=1S/C24H25N3O5S/c1-3-4-5-13-32-21-11-9-17(14-22(21)31-2)10-12-23(28)26-24-25-20(16-33-24)18-7-6-8-19(15-18)27(29)30/h6-12,14-16H,3-5,13H2,1-2H3,(H,25,26,28). The van der Waals surface area contributed by atoms with Gasteiger partial charge in [-0.05, 0) is 30.2 Å². The molecule has 0 saturated heterocycles. The van der Waals surface area contributed by atoms with Crippen LogP contribution in [0.25, 0.3) is 17.3 Å². The van der Waals surface area contributed by atoms with Crippen LogP contribution < -0.4 is 14.8 Å². The molecule has 3 aromatic rings. The maximum absolute atomic E-state index is 12.3. The lowest BCUT2D eigenvalue weighted by Crippen LogP contribution is -2.07. The Morgan fingerprint density at radius 2 is 2.06 bits per heavy atom. The van der Waals surface area contributed by atoms with Crippen LogP contribution >= 0.6 is 11.3 Å². The van der Waals surface area contributed by atoms with Crippen LogP contribution in [0.15, 0.2) is 53.9 Å². The summed E-state index contributed by atoms with van der Waals surface area (Å²) in [6.45, 7) is 2.77. The molecule has 0 aliphatic rings. The van der Waals surface area contributed by atoms with Crippen molar-refractivity contribution in [3.8, 4) is 22.8 Å². The number of benzene rings is 2. The Hall–Kier alpha value is -3.72. The number of ether oxygens (including phenoxy) is 2. The first-order valence-electron chi connectivity index (χ1n) is 10.5. The van der Waals surface area contributed by atoms with Crippen LogP contribution in [0, 0.1) is 10.1 Å². The summed E-state index contributed by atoms with van der Waals surface area (Å²) in [5.74, 6) is 0.941. The number of carbonyl (C=O) groups excluding carboxylic acids is 1. The molecular formula is C24H25N3O5S. The molecule has 9 heteroatoms. The number of non-ortho nitro benzene ring substituents is 1. The number of nitrogens with one attached hydrogen (secondary N) is 1. The summed E-state index contributed by atoms with van der Waals surface area (Å²) >= 11 is 1.24. The van der Waals surface area contributed by atoms with Crippen LogP contribution in [-0.2, 0) is 4.79 Å². The number of carbonyl (C=O) groups is 1. The minimum atomic E-state index is -0.455. The first-order valence-corrected chi connectivity index (χ1v) is 11.4. The number of aromatic nitrogens is 1. The Labute approximate surface area is 196 Å². The fourth-order valence-electron chi connectivity index (χ4n) is 3.00.